The highest BCUT2D eigenvalue weighted by molar-refractivity contribution is 5.79. The van der Waals surface area contributed by atoms with Gasteiger partial charge in [-0.2, -0.15) is 4.68 Å². The molecule has 1 aromatic heterocycles. The van der Waals surface area contributed by atoms with Crippen LogP contribution in [0.4, 0.5) is 0 Å². The lowest BCUT2D eigenvalue weighted by Crippen LogP contribution is -2.15. The Labute approximate surface area is 141 Å². The summed E-state index contributed by atoms with van der Waals surface area (Å²) in [4.78, 5) is 16.2. The van der Waals surface area contributed by atoms with E-state index in [1.165, 1.54) is 10.2 Å². The number of rotatable bonds is 7. The van der Waals surface area contributed by atoms with Crippen LogP contribution in [0, 0.1) is 6.92 Å². The summed E-state index contributed by atoms with van der Waals surface area (Å²) in [5.41, 5.74) is 13.1. The average Bonchev–Trinajstić information content (AvgIpc) is 2.99. The minimum atomic E-state index is -0.213. The molecule has 7 heteroatoms. The van der Waals surface area contributed by atoms with Crippen LogP contribution in [0.15, 0.2) is 36.0 Å². The van der Waals surface area contributed by atoms with Gasteiger partial charge in [0.2, 0.25) is 0 Å². The predicted molar refractivity (Wildman–Crippen MR) is 91.5 cm³/mol. The summed E-state index contributed by atoms with van der Waals surface area (Å²) in [6.07, 6.45) is 2.74. The first kappa shape index (κ1) is 17.7. The summed E-state index contributed by atoms with van der Waals surface area (Å²) in [6.45, 7) is 4.23. The number of carbonyl (C=O) groups is 1. The molecular formula is C17H23N5O2. The van der Waals surface area contributed by atoms with E-state index < -0.39 is 0 Å². The maximum Gasteiger partial charge on any atom is 0.252 e. The molecule has 0 aliphatic carbocycles. The van der Waals surface area contributed by atoms with Gasteiger partial charge in [-0.15, -0.1) is 5.10 Å². The van der Waals surface area contributed by atoms with Gasteiger partial charge in [-0.1, -0.05) is 25.1 Å². The zero-order chi connectivity index (χ0) is 17.5. The van der Waals surface area contributed by atoms with Gasteiger partial charge in [0.15, 0.2) is 5.82 Å². The van der Waals surface area contributed by atoms with Crippen LogP contribution in [-0.4, -0.2) is 27.3 Å². The van der Waals surface area contributed by atoms with Crippen molar-refractivity contribution in [2.24, 2.45) is 11.5 Å². The lowest BCUT2D eigenvalue weighted by molar-refractivity contribution is 0.0898. The standard InChI is InChI=1S/C17H23N5O2/c1-3-13-4-7-15(8-5-13)24-11-14(19)6-9-17(23)22-12(2)20-16(10-18)21-22/h4-8H,3,9-11,18-19H2,1-2H3/b14-6-. The fourth-order valence-electron chi connectivity index (χ4n) is 2.12. The lowest BCUT2D eigenvalue weighted by atomic mass is 10.2. The Balaban J connectivity index is 1.88. The summed E-state index contributed by atoms with van der Waals surface area (Å²) < 4.78 is 6.84. The Bertz CT molecular complexity index is 719. The molecule has 1 aromatic carbocycles. The van der Waals surface area contributed by atoms with E-state index in [0.717, 1.165) is 12.2 Å². The summed E-state index contributed by atoms with van der Waals surface area (Å²) in [6, 6.07) is 7.84. The fourth-order valence-corrected chi connectivity index (χ4v) is 2.12. The average molecular weight is 329 g/mol. The zero-order valence-corrected chi connectivity index (χ0v) is 14.0. The van der Waals surface area contributed by atoms with Crippen LogP contribution < -0.4 is 16.2 Å². The molecule has 7 nitrogen and oxygen atoms in total. The lowest BCUT2D eigenvalue weighted by Gasteiger charge is -2.07. The second kappa shape index (κ2) is 8.26. The molecule has 2 aromatic rings. The van der Waals surface area contributed by atoms with E-state index in [-0.39, 0.29) is 25.5 Å². The molecule has 1 heterocycles. The smallest absolute Gasteiger partial charge is 0.252 e. The van der Waals surface area contributed by atoms with Crippen LogP contribution in [0.5, 0.6) is 5.75 Å². The van der Waals surface area contributed by atoms with E-state index in [4.69, 9.17) is 16.2 Å². The third-order valence-electron chi connectivity index (χ3n) is 3.51. The number of carbonyl (C=O) groups excluding carboxylic acids is 1. The van der Waals surface area contributed by atoms with E-state index in [2.05, 4.69) is 17.0 Å². The van der Waals surface area contributed by atoms with Crippen molar-refractivity contribution in [1.29, 1.82) is 0 Å². The monoisotopic (exact) mass is 329 g/mol. The van der Waals surface area contributed by atoms with Crippen molar-refractivity contribution >= 4 is 5.91 Å². The number of allylic oxidation sites excluding steroid dienone is 1. The number of aryl methyl sites for hydroxylation is 2. The first-order valence-electron chi connectivity index (χ1n) is 7.85. The second-order valence-electron chi connectivity index (χ2n) is 5.35. The Morgan fingerprint density at radius 1 is 1.33 bits per heavy atom. The molecule has 0 amide bonds. The Morgan fingerprint density at radius 3 is 2.62 bits per heavy atom. The predicted octanol–water partition coefficient (Wildman–Crippen LogP) is 1.56. The summed E-state index contributed by atoms with van der Waals surface area (Å²) in [5, 5.41) is 4.05. The molecule has 4 N–H and O–H groups in total. The van der Waals surface area contributed by atoms with Crippen molar-refractivity contribution in [3.8, 4) is 5.75 Å². The van der Waals surface area contributed by atoms with Crippen LogP contribution >= 0.6 is 0 Å². The molecule has 24 heavy (non-hydrogen) atoms. The number of benzene rings is 1. The molecule has 2 rings (SSSR count). The van der Waals surface area contributed by atoms with Gasteiger partial charge >= 0.3 is 0 Å². The van der Waals surface area contributed by atoms with Crippen molar-refractivity contribution < 1.29 is 9.53 Å². The van der Waals surface area contributed by atoms with E-state index in [0.29, 0.717) is 17.3 Å². The number of hydrogen-bond donors (Lipinski definition) is 2. The first-order valence-corrected chi connectivity index (χ1v) is 7.85. The van der Waals surface area contributed by atoms with Crippen LogP contribution in [0.1, 0.15) is 35.4 Å². The molecule has 0 radical (unpaired) electrons. The molecule has 0 spiro atoms. The summed E-state index contributed by atoms with van der Waals surface area (Å²) in [5.74, 6) is 1.49. The summed E-state index contributed by atoms with van der Waals surface area (Å²) in [7, 11) is 0. The van der Waals surface area contributed by atoms with Gasteiger partial charge in [-0.25, -0.2) is 4.98 Å². The summed E-state index contributed by atoms with van der Waals surface area (Å²) >= 11 is 0. The molecule has 0 saturated carbocycles. The van der Waals surface area contributed by atoms with E-state index in [9.17, 15) is 4.79 Å². The minimum Gasteiger partial charge on any atom is -0.487 e. The van der Waals surface area contributed by atoms with Crippen molar-refractivity contribution in [2.45, 2.75) is 33.2 Å². The Morgan fingerprint density at radius 2 is 2.04 bits per heavy atom. The van der Waals surface area contributed by atoms with Crippen molar-refractivity contribution in [1.82, 2.24) is 14.8 Å². The van der Waals surface area contributed by atoms with Gasteiger partial charge in [0.1, 0.15) is 18.2 Å². The van der Waals surface area contributed by atoms with Crippen molar-refractivity contribution in [3.63, 3.8) is 0 Å². The van der Waals surface area contributed by atoms with Gasteiger partial charge in [-0.05, 0) is 31.0 Å². The highest BCUT2D eigenvalue weighted by atomic mass is 16.5. The molecule has 0 aliphatic heterocycles. The van der Waals surface area contributed by atoms with E-state index in [1.54, 1.807) is 13.0 Å². The highest BCUT2D eigenvalue weighted by Crippen LogP contribution is 2.13. The molecule has 0 unspecified atom stereocenters. The first-order chi connectivity index (χ1) is 11.5. The van der Waals surface area contributed by atoms with Crippen LogP contribution in [-0.2, 0) is 13.0 Å². The molecule has 0 bridgehead atoms. The quantitative estimate of drug-likeness (QED) is 0.798. The van der Waals surface area contributed by atoms with Gasteiger partial charge in [-0.3, -0.25) is 4.79 Å². The van der Waals surface area contributed by atoms with Crippen molar-refractivity contribution in [3.05, 3.63) is 53.3 Å². The van der Waals surface area contributed by atoms with E-state index >= 15 is 0 Å². The Kier molecular flexibility index (Phi) is 6.08. The SMILES string of the molecule is CCc1ccc(OC/C(N)=C/CC(=O)n2nc(CN)nc2C)cc1. The zero-order valence-electron chi connectivity index (χ0n) is 14.0. The van der Waals surface area contributed by atoms with Crippen molar-refractivity contribution in [2.75, 3.05) is 6.61 Å². The third-order valence-corrected chi connectivity index (χ3v) is 3.51. The number of ether oxygens (including phenoxy) is 1. The van der Waals surface area contributed by atoms with Crippen LogP contribution in [0.2, 0.25) is 0 Å². The number of nitrogens with two attached hydrogens (primary N) is 2. The Hall–Kier alpha value is -2.67. The fraction of sp³-hybridized carbons (Fsp3) is 0.353. The number of nitrogens with zero attached hydrogens (tertiary/aromatic N) is 3. The van der Waals surface area contributed by atoms with E-state index in [1.807, 2.05) is 24.3 Å². The van der Waals surface area contributed by atoms with Crippen LogP contribution in [0.25, 0.3) is 0 Å². The maximum absolute atomic E-state index is 12.1. The van der Waals surface area contributed by atoms with Gasteiger partial charge in [0.05, 0.1) is 6.54 Å². The molecule has 0 aliphatic rings. The molecule has 128 valence electrons. The molecular weight excluding hydrogens is 306 g/mol. The van der Waals surface area contributed by atoms with Gasteiger partial charge < -0.3 is 16.2 Å². The highest BCUT2D eigenvalue weighted by Gasteiger charge is 2.11. The molecule has 0 fully saturated rings. The number of aromatic nitrogens is 3. The van der Waals surface area contributed by atoms with Crippen LogP contribution in [0.3, 0.4) is 0 Å². The molecule has 0 atom stereocenters. The van der Waals surface area contributed by atoms with Gasteiger partial charge in [0, 0.05) is 12.1 Å². The molecule has 0 saturated heterocycles. The number of hydrogen-bond acceptors (Lipinski definition) is 6. The maximum atomic E-state index is 12.1. The topological polar surface area (TPSA) is 109 Å². The minimum absolute atomic E-state index is 0.123. The normalized spacial score (nSPS) is 11.5. The largest absolute Gasteiger partial charge is 0.487 e. The second-order valence-corrected chi connectivity index (χ2v) is 5.35. The van der Waals surface area contributed by atoms with Gasteiger partial charge in [0.25, 0.3) is 5.91 Å². The third kappa shape index (κ3) is 4.66.